The van der Waals surface area contributed by atoms with Crippen molar-refractivity contribution in [2.45, 2.75) is 30.9 Å². The third kappa shape index (κ3) is 0.680. The fraction of sp³-hybridized carbons (Fsp3) is 1.00. The lowest BCUT2D eigenvalue weighted by atomic mass is 10.0. The van der Waals surface area contributed by atoms with Crippen LogP contribution in [-0.2, 0) is 0 Å². The van der Waals surface area contributed by atoms with Crippen LogP contribution in [0.1, 0.15) is 25.7 Å². The maximum Gasteiger partial charge on any atom is 0.00478 e. The Morgan fingerprint density at radius 1 is 1.25 bits per heavy atom. The van der Waals surface area contributed by atoms with Crippen molar-refractivity contribution in [3.63, 3.8) is 0 Å². The standard InChI is InChI=1S/C7H12S/c8-7-3-1-2-5-4-6(5)7/h5-8H,1-4H2. The average Bonchev–Trinajstić information content (AvgIpc) is 2.45. The summed E-state index contributed by atoms with van der Waals surface area (Å²) < 4.78 is 0. The van der Waals surface area contributed by atoms with Gasteiger partial charge in [-0.25, -0.2) is 0 Å². The molecule has 3 unspecified atom stereocenters. The van der Waals surface area contributed by atoms with Gasteiger partial charge in [-0.2, -0.15) is 12.6 Å². The lowest BCUT2D eigenvalue weighted by Gasteiger charge is -2.14. The first-order chi connectivity index (χ1) is 3.88. The quantitative estimate of drug-likeness (QED) is 0.475. The van der Waals surface area contributed by atoms with Crippen molar-refractivity contribution in [2.75, 3.05) is 0 Å². The fourth-order valence-electron chi connectivity index (χ4n) is 1.88. The maximum absolute atomic E-state index is 4.50. The Morgan fingerprint density at radius 2 is 2.12 bits per heavy atom. The molecule has 2 aliphatic carbocycles. The monoisotopic (exact) mass is 128 g/mol. The molecule has 2 fully saturated rings. The van der Waals surface area contributed by atoms with Crippen molar-refractivity contribution >= 4 is 12.6 Å². The van der Waals surface area contributed by atoms with Crippen LogP contribution in [0.15, 0.2) is 0 Å². The van der Waals surface area contributed by atoms with Gasteiger partial charge < -0.3 is 0 Å². The van der Waals surface area contributed by atoms with E-state index in [4.69, 9.17) is 0 Å². The van der Waals surface area contributed by atoms with E-state index in [1.54, 1.807) is 0 Å². The van der Waals surface area contributed by atoms with Crippen LogP contribution in [0.5, 0.6) is 0 Å². The Bertz CT molecular complexity index is 101. The summed E-state index contributed by atoms with van der Waals surface area (Å²) in [6.45, 7) is 0. The average molecular weight is 128 g/mol. The molecule has 1 heteroatoms. The molecule has 2 rings (SSSR count). The van der Waals surface area contributed by atoms with Crippen molar-refractivity contribution in [3.8, 4) is 0 Å². The first-order valence-electron chi connectivity index (χ1n) is 3.56. The van der Waals surface area contributed by atoms with Gasteiger partial charge in [0.25, 0.3) is 0 Å². The third-order valence-electron chi connectivity index (χ3n) is 2.55. The van der Waals surface area contributed by atoms with Gasteiger partial charge in [0.1, 0.15) is 0 Å². The minimum absolute atomic E-state index is 0.772. The third-order valence-corrected chi connectivity index (χ3v) is 3.19. The number of hydrogen-bond acceptors (Lipinski definition) is 1. The summed E-state index contributed by atoms with van der Waals surface area (Å²) in [7, 11) is 0. The summed E-state index contributed by atoms with van der Waals surface area (Å²) in [5.41, 5.74) is 0. The molecule has 3 atom stereocenters. The van der Waals surface area contributed by atoms with Gasteiger partial charge in [0, 0.05) is 5.25 Å². The molecule has 0 saturated heterocycles. The van der Waals surface area contributed by atoms with Crippen molar-refractivity contribution in [2.24, 2.45) is 11.8 Å². The molecular formula is C7H12S. The van der Waals surface area contributed by atoms with Crippen LogP contribution in [0.3, 0.4) is 0 Å². The second-order valence-electron chi connectivity index (χ2n) is 3.16. The van der Waals surface area contributed by atoms with Crippen molar-refractivity contribution in [3.05, 3.63) is 0 Å². The number of thiol groups is 1. The second-order valence-corrected chi connectivity index (χ2v) is 3.82. The highest BCUT2D eigenvalue weighted by molar-refractivity contribution is 7.81. The maximum atomic E-state index is 4.50. The normalized spacial score (nSPS) is 52.9. The van der Waals surface area contributed by atoms with Crippen LogP contribution in [-0.4, -0.2) is 5.25 Å². The van der Waals surface area contributed by atoms with E-state index >= 15 is 0 Å². The summed E-state index contributed by atoms with van der Waals surface area (Å²) >= 11 is 4.50. The highest BCUT2D eigenvalue weighted by Gasteiger charge is 2.43. The van der Waals surface area contributed by atoms with E-state index in [1.807, 2.05) is 0 Å². The lowest BCUT2D eigenvalue weighted by molar-refractivity contribution is 0.493. The summed E-state index contributed by atoms with van der Waals surface area (Å²) in [4.78, 5) is 0. The molecule has 2 saturated carbocycles. The SMILES string of the molecule is SC1CCCC2CC12. The van der Waals surface area contributed by atoms with E-state index < -0.39 is 0 Å². The zero-order chi connectivity index (χ0) is 5.56. The van der Waals surface area contributed by atoms with Gasteiger partial charge in [0.15, 0.2) is 0 Å². The molecule has 0 heterocycles. The Morgan fingerprint density at radius 3 is 2.75 bits per heavy atom. The molecule has 0 spiro atoms. The van der Waals surface area contributed by atoms with Crippen LogP contribution in [0.2, 0.25) is 0 Å². The first kappa shape index (κ1) is 5.16. The minimum atomic E-state index is 0.772. The Balaban J connectivity index is 1.99. The highest BCUT2D eigenvalue weighted by Crippen LogP contribution is 2.51. The summed E-state index contributed by atoms with van der Waals surface area (Å²) in [5, 5.41) is 0.772. The second kappa shape index (κ2) is 1.66. The Kier molecular flexibility index (Phi) is 1.07. The van der Waals surface area contributed by atoms with Gasteiger partial charge in [-0.05, 0) is 24.7 Å². The molecule has 0 nitrogen and oxygen atoms in total. The van der Waals surface area contributed by atoms with E-state index in [0.29, 0.717) is 0 Å². The summed E-state index contributed by atoms with van der Waals surface area (Å²) in [6.07, 6.45) is 5.81. The topological polar surface area (TPSA) is 0 Å². The van der Waals surface area contributed by atoms with Crippen LogP contribution < -0.4 is 0 Å². The van der Waals surface area contributed by atoms with Gasteiger partial charge >= 0.3 is 0 Å². The Hall–Kier alpha value is 0.350. The highest BCUT2D eigenvalue weighted by atomic mass is 32.1. The Labute approximate surface area is 56.1 Å². The van der Waals surface area contributed by atoms with E-state index in [9.17, 15) is 0 Å². The largest absolute Gasteiger partial charge is 0.176 e. The number of fused-ring (bicyclic) bond motifs is 1. The predicted molar refractivity (Wildman–Crippen MR) is 38.2 cm³/mol. The lowest BCUT2D eigenvalue weighted by Crippen LogP contribution is -2.08. The van der Waals surface area contributed by atoms with Crippen LogP contribution in [0, 0.1) is 11.8 Å². The molecule has 46 valence electrons. The molecule has 0 aromatic heterocycles. The van der Waals surface area contributed by atoms with Gasteiger partial charge in [-0.15, -0.1) is 0 Å². The smallest absolute Gasteiger partial charge is 0.00478 e. The molecule has 8 heavy (non-hydrogen) atoms. The fourth-order valence-corrected chi connectivity index (χ4v) is 2.43. The number of rotatable bonds is 0. The molecule has 0 aliphatic heterocycles. The molecule has 0 radical (unpaired) electrons. The van der Waals surface area contributed by atoms with Gasteiger partial charge in [-0.3, -0.25) is 0 Å². The van der Waals surface area contributed by atoms with Crippen LogP contribution in [0.4, 0.5) is 0 Å². The van der Waals surface area contributed by atoms with E-state index in [-0.39, 0.29) is 0 Å². The van der Waals surface area contributed by atoms with E-state index in [2.05, 4.69) is 12.6 Å². The van der Waals surface area contributed by atoms with Gasteiger partial charge in [0.2, 0.25) is 0 Å². The molecule has 0 bridgehead atoms. The van der Waals surface area contributed by atoms with Gasteiger partial charge in [-0.1, -0.05) is 12.8 Å². The van der Waals surface area contributed by atoms with E-state index in [1.165, 1.54) is 25.7 Å². The molecule has 2 aliphatic rings. The first-order valence-corrected chi connectivity index (χ1v) is 4.07. The van der Waals surface area contributed by atoms with E-state index in [0.717, 1.165) is 17.1 Å². The van der Waals surface area contributed by atoms with Crippen LogP contribution in [0.25, 0.3) is 0 Å². The predicted octanol–water partition coefficient (Wildman–Crippen LogP) is 2.10. The van der Waals surface area contributed by atoms with Crippen molar-refractivity contribution in [1.29, 1.82) is 0 Å². The summed E-state index contributed by atoms with van der Waals surface area (Å²) in [6, 6.07) is 0. The number of hydrogen-bond donors (Lipinski definition) is 1. The zero-order valence-electron chi connectivity index (χ0n) is 5.01. The molecule has 0 N–H and O–H groups in total. The molecule has 0 aromatic rings. The molecule has 0 aromatic carbocycles. The zero-order valence-corrected chi connectivity index (χ0v) is 5.90. The van der Waals surface area contributed by atoms with Gasteiger partial charge in [0.05, 0.1) is 0 Å². The molecule has 0 amide bonds. The van der Waals surface area contributed by atoms with Crippen molar-refractivity contribution in [1.82, 2.24) is 0 Å². The minimum Gasteiger partial charge on any atom is -0.176 e. The van der Waals surface area contributed by atoms with Crippen molar-refractivity contribution < 1.29 is 0 Å². The molecular weight excluding hydrogens is 116 g/mol. The van der Waals surface area contributed by atoms with Crippen LogP contribution >= 0.6 is 12.6 Å². The summed E-state index contributed by atoms with van der Waals surface area (Å²) in [5.74, 6) is 2.14.